The van der Waals surface area contributed by atoms with E-state index in [9.17, 15) is 8.78 Å². The van der Waals surface area contributed by atoms with Crippen molar-refractivity contribution in [1.82, 2.24) is 0 Å². The molecule has 0 aliphatic heterocycles. The fourth-order valence-electron chi connectivity index (χ4n) is 1.24. The fourth-order valence-corrected chi connectivity index (χ4v) is 1.24. The van der Waals surface area contributed by atoms with Crippen molar-refractivity contribution in [3.05, 3.63) is 24.3 Å². The van der Waals surface area contributed by atoms with Crippen LogP contribution in [0.3, 0.4) is 0 Å². The molecule has 1 aromatic carbocycles. The molecule has 1 aromatic rings. The van der Waals surface area contributed by atoms with E-state index < -0.39 is 6.61 Å². The third-order valence-electron chi connectivity index (χ3n) is 1.90. The van der Waals surface area contributed by atoms with Crippen LogP contribution in [0.5, 0.6) is 5.75 Å². The molecule has 0 saturated heterocycles. The number of alkyl halides is 2. The monoisotopic (exact) mass is 247 g/mol. The SMILES string of the molecule is OCCOCCNc1ccccc1OC(F)F. The van der Waals surface area contributed by atoms with Crippen molar-refractivity contribution >= 4 is 5.69 Å². The van der Waals surface area contributed by atoms with Gasteiger partial charge in [0, 0.05) is 6.54 Å². The minimum atomic E-state index is -2.84. The maximum Gasteiger partial charge on any atom is 0.387 e. The molecule has 0 heterocycles. The van der Waals surface area contributed by atoms with E-state index in [2.05, 4.69) is 10.1 Å². The number of anilines is 1. The molecule has 4 nitrogen and oxygen atoms in total. The van der Waals surface area contributed by atoms with Crippen LogP contribution in [0.1, 0.15) is 0 Å². The van der Waals surface area contributed by atoms with Crippen LogP contribution in [-0.2, 0) is 4.74 Å². The van der Waals surface area contributed by atoms with Crippen molar-refractivity contribution in [2.45, 2.75) is 6.61 Å². The lowest BCUT2D eigenvalue weighted by Gasteiger charge is -2.12. The summed E-state index contributed by atoms with van der Waals surface area (Å²) in [5, 5.41) is 11.4. The zero-order chi connectivity index (χ0) is 12.5. The standard InChI is InChI=1S/C11H15F2NO3/c12-11(13)17-10-4-2-1-3-9(10)14-5-7-16-8-6-15/h1-4,11,14-15H,5-8H2. The fraction of sp³-hybridized carbons (Fsp3) is 0.455. The molecule has 0 radical (unpaired) electrons. The van der Waals surface area contributed by atoms with Gasteiger partial charge in [-0.05, 0) is 12.1 Å². The van der Waals surface area contributed by atoms with E-state index >= 15 is 0 Å². The minimum absolute atomic E-state index is 0.0366. The molecule has 0 aliphatic carbocycles. The highest BCUT2D eigenvalue weighted by Crippen LogP contribution is 2.24. The van der Waals surface area contributed by atoms with Gasteiger partial charge < -0.3 is 19.9 Å². The zero-order valence-corrected chi connectivity index (χ0v) is 9.23. The molecular weight excluding hydrogens is 232 g/mol. The third kappa shape index (κ3) is 5.46. The normalized spacial score (nSPS) is 10.6. The van der Waals surface area contributed by atoms with E-state index in [1.54, 1.807) is 18.2 Å². The molecule has 17 heavy (non-hydrogen) atoms. The topological polar surface area (TPSA) is 50.7 Å². The van der Waals surface area contributed by atoms with Crippen LogP contribution in [0, 0.1) is 0 Å². The summed E-state index contributed by atoms with van der Waals surface area (Å²) in [6.45, 7) is -1.79. The molecule has 0 aromatic heterocycles. The van der Waals surface area contributed by atoms with Gasteiger partial charge in [-0.25, -0.2) is 0 Å². The first-order chi connectivity index (χ1) is 8.24. The Hall–Kier alpha value is -1.40. The van der Waals surface area contributed by atoms with Gasteiger partial charge in [-0.1, -0.05) is 12.1 Å². The Bertz CT molecular complexity index is 323. The second-order valence-electron chi connectivity index (χ2n) is 3.14. The van der Waals surface area contributed by atoms with Crippen molar-refractivity contribution < 1.29 is 23.4 Å². The summed E-state index contributed by atoms with van der Waals surface area (Å²) in [7, 11) is 0. The second kappa shape index (κ2) is 7.81. The highest BCUT2D eigenvalue weighted by atomic mass is 19.3. The third-order valence-corrected chi connectivity index (χ3v) is 1.90. The molecular formula is C11H15F2NO3. The van der Waals surface area contributed by atoms with Gasteiger partial charge >= 0.3 is 6.61 Å². The van der Waals surface area contributed by atoms with Gasteiger partial charge in [0.2, 0.25) is 0 Å². The second-order valence-corrected chi connectivity index (χ2v) is 3.14. The smallest absolute Gasteiger partial charge is 0.387 e. The van der Waals surface area contributed by atoms with Crippen LogP contribution in [0.25, 0.3) is 0 Å². The number of hydrogen-bond acceptors (Lipinski definition) is 4. The van der Waals surface area contributed by atoms with E-state index in [1.165, 1.54) is 6.07 Å². The number of aliphatic hydroxyl groups is 1. The van der Waals surface area contributed by atoms with Gasteiger partial charge in [0.1, 0.15) is 5.75 Å². The lowest BCUT2D eigenvalue weighted by Crippen LogP contribution is -2.12. The first-order valence-electron chi connectivity index (χ1n) is 5.20. The highest BCUT2D eigenvalue weighted by molar-refractivity contribution is 5.56. The molecule has 0 spiro atoms. The molecule has 0 unspecified atom stereocenters. The number of ether oxygens (including phenoxy) is 2. The first-order valence-corrected chi connectivity index (χ1v) is 5.20. The molecule has 0 aliphatic rings. The molecule has 2 N–H and O–H groups in total. The maximum absolute atomic E-state index is 12.1. The number of rotatable bonds is 8. The summed E-state index contributed by atoms with van der Waals surface area (Å²) >= 11 is 0. The van der Waals surface area contributed by atoms with E-state index in [4.69, 9.17) is 9.84 Å². The number of para-hydroxylation sites is 2. The number of aliphatic hydroxyl groups excluding tert-OH is 1. The Kier molecular flexibility index (Phi) is 6.27. The van der Waals surface area contributed by atoms with E-state index in [1.807, 2.05) is 0 Å². The molecule has 6 heteroatoms. The van der Waals surface area contributed by atoms with Crippen LogP contribution >= 0.6 is 0 Å². The van der Waals surface area contributed by atoms with E-state index in [0.29, 0.717) is 18.8 Å². The predicted octanol–water partition coefficient (Wildman–Crippen LogP) is 1.71. The molecule has 96 valence electrons. The molecule has 0 amide bonds. The number of halogens is 2. The molecule has 0 fully saturated rings. The summed E-state index contributed by atoms with van der Waals surface area (Å²) < 4.78 is 33.5. The van der Waals surface area contributed by atoms with Gasteiger partial charge in [0.25, 0.3) is 0 Å². The van der Waals surface area contributed by atoms with Crippen LogP contribution < -0.4 is 10.1 Å². The van der Waals surface area contributed by atoms with E-state index in [0.717, 1.165) is 0 Å². The van der Waals surface area contributed by atoms with E-state index in [-0.39, 0.29) is 19.0 Å². The summed E-state index contributed by atoms with van der Waals surface area (Å²) in [5.41, 5.74) is 0.486. The number of benzene rings is 1. The van der Waals surface area contributed by atoms with Crippen LogP contribution in [0.2, 0.25) is 0 Å². The average Bonchev–Trinajstić information content (AvgIpc) is 2.30. The molecule has 0 bridgehead atoms. The van der Waals surface area contributed by atoms with Crippen LogP contribution in [-0.4, -0.2) is 38.1 Å². The first kappa shape index (κ1) is 13.7. The highest BCUT2D eigenvalue weighted by Gasteiger charge is 2.08. The largest absolute Gasteiger partial charge is 0.433 e. The average molecular weight is 247 g/mol. The Morgan fingerprint density at radius 3 is 2.71 bits per heavy atom. The quantitative estimate of drug-likeness (QED) is 0.687. The van der Waals surface area contributed by atoms with Gasteiger partial charge in [-0.15, -0.1) is 0 Å². The summed E-state index contributed by atoms with van der Waals surface area (Å²) in [6.07, 6.45) is 0. The van der Waals surface area contributed by atoms with Crippen molar-refractivity contribution in [3.8, 4) is 5.75 Å². The van der Waals surface area contributed by atoms with Gasteiger partial charge in [0.15, 0.2) is 0 Å². The predicted molar refractivity (Wildman–Crippen MR) is 59.5 cm³/mol. The Morgan fingerprint density at radius 2 is 2.00 bits per heavy atom. The van der Waals surface area contributed by atoms with Crippen LogP contribution in [0.15, 0.2) is 24.3 Å². The molecule has 0 atom stereocenters. The summed E-state index contributed by atoms with van der Waals surface area (Å²) in [6, 6.07) is 6.44. The van der Waals surface area contributed by atoms with Crippen molar-refractivity contribution in [1.29, 1.82) is 0 Å². The lowest BCUT2D eigenvalue weighted by atomic mass is 10.3. The number of nitrogens with one attached hydrogen (secondary N) is 1. The summed E-state index contributed by atoms with van der Waals surface area (Å²) in [4.78, 5) is 0. The van der Waals surface area contributed by atoms with Gasteiger partial charge in [0.05, 0.1) is 25.5 Å². The maximum atomic E-state index is 12.1. The molecule has 1 rings (SSSR count). The molecule has 0 saturated carbocycles. The zero-order valence-electron chi connectivity index (χ0n) is 9.23. The summed E-state index contributed by atoms with van der Waals surface area (Å²) in [5.74, 6) is 0.102. The van der Waals surface area contributed by atoms with Gasteiger partial charge in [-0.3, -0.25) is 0 Å². The Morgan fingerprint density at radius 1 is 1.24 bits per heavy atom. The minimum Gasteiger partial charge on any atom is -0.433 e. The van der Waals surface area contributed by atoms with Crippen LogP contribution in [0.4, 0.5) is 14.5 Å². The van der Waals surface area contributed by atoms with Crippen molar-refractivity contribution in [3.63, 3.8) is 0 Å². The van der Waals surface area contributed by atoms with Crippen molar-refractivity contribution in [2.24, 2.45) is 0 Å². The van der Waals surface area contributed by atoms with Gasteiger partial charge in [-0.2, -0.15) is 8.78 Å². The van der Waals surface area contributed by atoms with Crippen molar-refractivity contribution in [2.75, 3.05) is 31.7 Å². The Labute approximate surface area is 98.2 Å². The number of hydrogen-bond donors (Lipinski definition) is 2. The lowest BCUT2D eigenvalue weighted by molar-refractivity contribution is -0.0493. The Balaban J connectivity index is 2.40.